The van der Waals surface area contributed by atoms with Crippen LogP contribution in [0, 0.1) is 0 Å². The van der Waals surface area contributed by atoms with Crippen molar-refractivity contribution in [2.75, 3.05) is 45.1 Å². The van der Waals surface area contributed by atoms with Gasteiger partial charge in [0.2, 0.25) is 0 Å². The molecule has 0 aromatic carbocycles. The molecule has 3 rings (SSSR count). The molecule has 2 aliphatic rings. The minimum absolute atomic E-state index is 0.0566. The van der Waals surface area contributed by atoms with Crippen molar-refractivity contribution in [1.82, 2.24) is 19.6 Å². The molecule has 0 saturated carbocycles. The molecular weight excluding hydrogens is 258 g/mol. The number of hydrogen-bond acceptors (Lipinski definition) is 5. The van der Waals surface area contributed by atoms with Gasteiger partial charge >= 0.3 is 0 Å². The molecule has 1 unspecified atom stereocenters. The topological polar surface area (TPSA) is 76.6 Å². The number of likely N-dealkylation sites (tertiary alicyclic amines) is 1. The maximum absolute atomic E-state index is 12.4. The van der Waals surface area contributed by atoms with Crippen LogP contribution in [-0.2, 0) is 11.8 Å². The monoisotopic (exact) mass is 279 g/mol. The van der Waals surface area contributed by atoms with Crippen molar-refractivity contribution in [2.45, 2.75) is 12.5 Å². The number of nitrogens with zero attached hydrogens (tertiary/aromatic N) is 4. The smallest absolute Gasteiger partial charge is 0.276 e. The van der Waals surface area contributed by atoms with Crippen LogP contribution in [0.15, 0.2) is 6.20 Å². The Balaban J connectivity index is 1.64. The maximum Gasteiger partial charge on any atom is 0.276 e. The van der Waals surface area contributed by atoms with Crippen LogP contribution in [0.25, 0.3) is 0 Å². The summed E-state index contributed by atoms with van der Waals surface area (Å²) in [6.07, 6.45) is 2.68. The molecule has 1 aromatic rings. The van der Waals surface area contributed by atoms with E-state index in [0.717, 1.165) is 45.8 Å². The van der Waals surface area contributed by atoms with Gasteiger partial charge in [-0.2, -0.15) is 5.10 Å². The zero-order valence-electron chi connectivity index (χ0n) is 11.8. The molecule has 0 spiro atoms. The van der Waals surface area contributed by atoms with Gasteiger partial charge in [0.05, 0.1) is 18.9 Å². The van der Waals surface area contributed by atoms with Crippen molar-refractivity contribution in [3.05, 3.63) is 11.9 Å². The summed E-state index contributed by atoms with van der Waals surface area (Å²) in [6.45, 7) is 5.03. The molecule has 2 fully saturated rings. The van der Waals surface area contributed by atoms with Crippen molar-refractivity contribution in [3.63, 3.8) is 0 Å². The molecular formula is C13H21N5O2. The number of ether oxygens (including phenoxy) is 1. The minimum atomic E-state index is -0.0566. The molecule has 0 bridgehead atoms. The van der Waals surface area contributed by atoms with E-state index in [-0.39, 0.29) is 5.91 Å². The second-order valence-electron chi connectivity index (χ2n) is 5.45. The summed E-state index contributed by atoms with van der Waals surface area (Å²) in [5.74, 6) is -0.0566. The Labute approximate surface area is 118 Å². The molecule has 20 heavy (non-hydrogen) atoms. The van der Waals surface area contributed by atoms with Crippen molar-refractivity contribution >= 4 is 11.6 Å². The van der Waals surface area contributed by atoms with Crippen molar-refractivity contribution in [3.8, 4) is 0 Å². The highest BCUT2D eigenvalue weighted by atomic mass is 16.5. The second-order valence-corrected chi connectivity index (χ2v) is 5.45. The Morgan fingerprint density at radius 2 is 2.15 bits per heavy atom. The Morgan fingerprint density at radius 1 is 1.40 bits per heavy atom. The zero-order chi connectivity index (χ0) is 14.1. The minimum Gasteiger partial charge on any atom is -0.396 e. The number of aryl methyl sites for hydroxylation is 1. The normalized spacial score (nSPS) is 24.2. The molecule has 1 amide bonds. The predicted octanol–water partition coefficient (Wildman–Crippen LogP) is -0.451. The second kappa shape index (κ2) is 5.41. The van der Waals surface area contributed by atoms with Gasteiger partial charge in [0.15, 0.2) is 5.69 Å². The van der Waals surface area contributed by atoms with Gasteiger partial charge in [-0.25, -0.2) is 0 Å². The zero-order valence-corrected chi connectivity index (χ0v) is 11.8. The molecule has 2 N–H and O–H groups in total. The number of nitrogen functional groups attached to an aromatic ring is 1. The van der Waals surface area contributed by atoms with Gasteiger partial charge in [-0.15, -0.1) is 0 Å². The Bertz CT molecular complexity index is 495. The fourth-order valence-corrected chi connectivity index (χ4v) is 2.99. The van der Waals surface area contributed by atoms with Crippen molar-refractivity contribution < 1.29 is 9.53 Å². The number of aromatic nitrogens is 2. The summed E-state index contributed by atoms with van der Waals surface area (Å²) < 4.78 is 6.95. The van der Waals surface area contributed by atoms with E-state index in [1.165, 1.54) is 0 Å². The maximum atomic E-state index is 12.4. The Morgan fingerprint density at radius 3 is 2.80 bits per heavy atom. The SMILES string of the molecule is Cn1cc(N)c(C(=O)N2CCC(N3CCOCC3)C2)n1. The van der Waals surface area contributed by atoms with Crippen LogP contribution in [0.1, 0.15) is 16.9 Å². The van der Waals surface area contributed by atoms with E-state index in [0.29, 0.717) is 17.4 Å². The fourth-order valence-electron chi connectivity index (χ4n) is 2.99. The average Bonchev–Trinajstić information content (AvgIpc) is 3.06. The Kier molecular flexibility index (Phi) is 3.62. The number of rotatable bonds is 2. The van der Waals surface area contributed by atoms with Gasteiger partial charge in [-0.05, 0) is 6.42 Å². The van der Waals surface area contributed by atoms with Crippen LogP contribution in [0.4, 0.5) is 5.69 Å². The molecule has 7 nitrogen and oxygen atoms in total. The van der Waals surface area contributed by atoms with Gasteiger partial charge in [-0.3, -0.25) is 14.4 Å². The van der Waals surface area contributed by atoms with E-state index in [1.807, 2.05) is 4.90 Å². The fraction of sp³-hybridized carbons (Fsp3) is 0.692. The number of amides is 1. The molecule has 1 aromatic heterocycles. The highest BCUT2D eigenvalue weighted by Gasteiger charge is 2.32. The van der Waals surface area contributed by atoms with E-state index in [1.54, 1.807) is 17.9 Å². The summed E-state index contributed by atoms with van der Waals surface area (Å²) >= 11 is 0. The quantitative estimate of drug-likeness (QED) is 0.793. The molecule has 110 valence electrons. The van der Waals surface area contributed by atoms with Crippen LogP contribution >= 0.6 is 0 Å². The molecule has 7 heteroatoms. The first-order valence-corrected chi connectivity index (χ1v) is 7.05. The molecule has 2 saturated heterocycles. The average molecular weight is 279 g/mol. The first-order valence-electron chi connectivity index (χ1n) is 7.05. The lowest BCUT2D eigenvalue weighted by Gasteiger charge is -2.32. The number of hydrogen-bond donors (Lipinski definition) is 1. The Hall–Kier alpha value is -1.60. The lowest BCUT2D eigenvalue weighted by molar-refractivity contribution is 0.0185. The predicted molar refractivity (Wildman–Crippen MR) is 74.3 cm³/mol. The number of nitrogens with two attached hydrogens (primary N) is 1. The van der Waals surface area contributed by atoms with E-state index in [2.05, 4.69) is 10.00 Å². The van der Waals surface area contributed by atoms with Crippen molar-refractivity contribution in [1.29, 1.82) is 0 Å². The van der Waals surface area contributed by atoms with E-state index in [9.17, 15) is 4.79 Å². The van der Waals surface area contributed by atoms with E-state index >= 15 is 0 Å². The first kappa shape index (κ1) is 13.4. The molecule has 0 aliphatic carbocycles. The van der Waals surface area contributed by atoms with Crippen LogP contribution in [0.3, 0.4) is 0 Å². The van der Waals surface area contributed by atoms with Crippen molar-refractivity contribution in [2.24, 2.45) is 7.05 Å². The number of carbonyl (C=O) groups is 1. The summed E-state index contributed by atoms with van der Waals surface area (Å²) in [5.41, 5.74) is 6.65. The molecule has 2 aliphatic heterocycles. The largest absolute Gasteiger partial charge is 0.396 e. The van der Waals surface area contributed by atoms with E-state index < -0.39 is 0 Å². The lowest BCUT2D eigenvalue weighted by atomic mass is 10.2. The van der Waals surface area contributed by atoms with Gasteiger partial charge in [-0.1, -0.05) is 0 Å². The summed E-state index contributed by atoms with van der Waals surface area (Å²) in [6, 6.07) is 0.438. The summed E-state index contributed by atoms with van der Waals surface area (Å²) in [7, 11) is 1.77. The van der Waals surface area contributed by atoms with Crippen LogP contribution in [-0.4, -0.2) is 70.9 Å². The van der Waals surface area contributed by atoms with Crippen LogP contribution < -0.4 is 5.73 Å². The van der Waals surface area contributed by atoms with Gasteiger partial charge in [0.25, 0.3) is 5.91 Å². The lowest BCUT2D eigenvalue weighted by Crippen LogP contribution is -2.45. The molecule has 3 heterocycles. The van der Waals surface area contributed by atoms with Gasteiger partial charge in [0, 0.05) is 45.5 Å². The highest BCUT2D eigenvalue weighted by Crippen LogP contribution is 2.20. The van der Waals surface area contributed by atoms with Gasteiger partial charge < -0.3 is 15.4 Å². The summed E-state index contributed by atoms with van der Waals surface area (Å²) in [5, 5.41) is 4.16. The number of carbonyl (C=O) groups excluding carboxylic acids is 1. The number of morpholine rings is 1. The third-order valence-corrected chi connectivity index (χ3v) is 4.07. The highest BCUT2D eigenvalue weighted by molar-refractivity contribution is 5.97. The third-order valence-electron chi connectivity index (χ3n) is 4.07. The van der Waals surface area contributed by atoms with E-state index in [4.69, 9.17) is 10.5 Å². The molecule has 0 radical (unpaired) electrons. The first-order chi connectivity index (χ1) is 9.65. The molecule has 1 atom stereocenters. The van der Waals surface area contributed by atoms with Crippen LogP contribution in [0.2, 0.25) is 0 Å². The third kappa shape index (κ3) is 2.51. The van der Waals surface area contributed by atoms with Gasteiger partial charge in [0.1, 0.15) is 0 Å². The number of anilines is 1. The summed E-state index contributed by atoms with van der Waals surface area (Å²) in [4.78, 5) is 16.7. The standard InChI is InChI=1S/C13H21N5O2/c1-16-9-11(14)12(15-16)13(19)18-3-2-10(8-18)17-4-6-20-7-5-17/h9-10H,2-8,14H2,1H3. The van der Waals surface area contributed by atoms with Crippen LogP contribution in [0.5, 0.6) is 0 Å².